The molecule has 2 aromatic carbocycles. The van der Waals surface area contributed by atoms with Crippen LogP contribution in [0.5, 0.6) is 11.5 Å². The van der Waals surface area contributed by atoms with Gasteiger partial charge in [-0.15, -0.1) is 0 Å². The smallest absolute Gasteiger partial charge is 0.295 e. The fourth-order valence-corrected chi connectivity index (χ4v) is 4.49. The summed E-state index contributed by atoms with van der Waals surface area (Å²) in [6.07, 6.45) is 1.59. The Morgan fingerprint density at radius 3 is 2.33 bits per heavy atom. The fraction of sp³-hybridized carbons (Fsp3) is 0.448. The summed E-state index contributed by atoms with van der Waals surface area (Å²) in [5, 5.41) is 11.3. The molecular weight excluding hydrogens is 456 g/mol. The average molecular weight is 495 g/mol. The van der Waals surface area contributed by atoms with Gasteiger partial charge in [0.25, 0.3) is 11.7 Å². The number of ketones is 1. The zero-order valence-electron chi connectivity index (χ0n) is 21.8. The van der Waals surface area contributed by atoms with Gasteiger partial charge in [0.05, 0.1) is 24.8 Å². The summed E-state index contributed by atoms with van der Waals surface area (Å²) >= 11 is 0. The molecule has 0 saturated carbocycles. The second kappa shape index (κ2) is 13.1. The average Bonchev–Trinajstić information content (AvgIpc) is 3.15. The lowest BCUT2D eigenvalue weighted by atomic mass is 9.95. The molecule has 2 aromatic rings. The minimum absolute atomic E-state index is 0.0969. The molecule has 0 bridgehead atoms. The highest BCUT2D eigenvalue weighted by atomic mass is 16.5. The van der Waals surface area contributed by atoms with E-state index < -0.39 is 17.7 Å². The van der Waals surface area contributed by atoms with Crippen molar-refractivity contribution < 1.29 is 24.2 Å². The lowest BCUT2D eigenvalue weighted by Crippen LogP contribution is -2.33. The van der Waals surface area contributed by atoms with Gasteiger partial charge in [0.2, 0.25) is 0 Å². The number of hydrogen-bond donors (Lipinski definition) is 1. The van der Waals surface area contributed by atoms with Gasteiger partial charge >= 0.3 is 0 Å². The van der Waals surface area contributed by atoms with Crippen molar-refractivity contribution in [3.63, 3.8) is 0 Å². The van der Waals surface area contributed by atoms with Crippen molar-refractivity contribution >= 4 is 17.4 Å². The number of carbonyl (C=O) groups is 2. The number of likely N-dealkylation sites (tertiary alicyclic amines) is 1. The number of aliphatic hydroxyl groups is 1. The molecule has 7 heteroatoms. The second-order valence-electron chi connectivity index (χ2n) is 8.75. The van der Waals surface area contributed by atoms with Crippen molar-refractivity contribution in [1.29, 1.82) is 0 Å². The monoisotopic (exact) mass is 494 g/mol. The van der Waals surface area contributed by atoms with Crippen LogP contribution in [-0.4, -0.2) is 66.0 Å². The molecule has 7 nitrogen and oxygen atoms in total. The molecule has 194 valence electrons. The van der Waals surface area contributed by atoms with Crippen molar-refractivity contribution in [2.75, 3.05) is 39.4 Å². The van der Waals surface area contributed by atoms with Crippen LogP contribution in [0.15, 0.2) is 54.1 Å². The van der Waals surface area contributed by atoms with E-state index in [2.05, 4.69) is 18.7 Å². The molecule has 3 rings (SSSR count). The lowest BCUT2D eigenvalue weighted by Gasteiger charge is -2.27. The standard InChI is InChI=1S/C29H38N2O5/c1-5-19-36-24-12-9-11-22(20-24)26-25(27(32)21-13-15-23(16-14-21)35-8-4)28(33)29(34)31(26)18-10-17-30(6-2)7-3/h9,11-16,20,26,32H,5-8,10,17-19H2,1-4H3/t26-/m1/s1. The summed E-state index contributed by atoms with van der Waals surface area (Å²) in [5.41, 5.74) is 1.29. The van der Waals surface area contributed by atoms with Gasteiger partial charge in [-0.1, -0.05) is 32.9 Å². The number of benzene rings is 2. The van der Waals surface area contributed by atoms with Gasteiger partial charge in [-0.05, 0) is 81.4 Å². The SMILES string of the molecule is CCCOc1cccc([C@@H]2C(=C(O)c3ccc(OCC)cc3)C(=O)C(=O)N2CCCN(CC)CC)c1. The van der Waals surface area contributed by atoms with E-state index in [9.17, 15) is 14.7 Å². The van der Waals surface area contributed by atoms with Gasteiger partial charge in [0, 0.05) is 12.1 Å². The molecule has 0 spiro atoms. The maximum Gasteiger partial charge on any atom is 0.295 e. The molecule has 1 fully saturated rings. The first-order chi connectivity index (χ1) is 17.4. The summed E-state index contributed by atoms with van der Waals surface area (Å²) < 4.78 is 11.3. The number of aliphatic hydroxyl groups excluding tert-OH is 1. The van der Waals surface area contributed by atoms with Crippen LogP contribution in [0.4, 0.5) is 0 Å². The molecule has 1 saturated heterocycles. The third-order valence-electron chi connectivity index (χ3n) is 6.39. The van der Waals surface area contributed by atoms with Crippen molar-refractivity contribution in [2.45, 2.75) is 46.6 Å². The van der Waals surface area contributed by atoms with Crippen LogP contribution in [0.2, 0.25) is 0 Å². The van der Waals surface area contributed by atoms with Crippen molar-refractivity contribution in [3.05, 3.63) is 65.2 Å². The largest absolute Gasteiger partial charge is 0.507 e. The van der Waals surface area contributed by atoms with Gasteiger partial charge in [-0.25, -0.2) is 0 Å². The molecule has 1 aliphatic rings. The van der Waals surface area contributed by atoms with Gasteiger partial charge < -0.3 is 24.4 Å². The Balaban J connectivity index is 2.02. The third kappa shape index (κ3) is 6.26. The molecule has 0 aromatic heterocycles. The highest BCUT2D eigenvalue weighted by molar-refractivity contribution is 6.46. The van der Waals surface area contributed by atoms with Crippen molar-refractivity contribution in [2.24, 2.45) is 0 Å². The van der Waals surface area contributed by atoms with Crippen LogP contribution in [0.3, 0.4) is 0 Å². The number of ether oxygens (including phenoxy) is 2. The van der Waals surface area contributed by atoms with Crippen molar-refractivity contribution in [1.82, 2.24) is 9.80 Å². The van der Waals surface area contributed by atoms with Gasteiger partial charge in [-0.2, -0.15) is 0 Å². The molecule has 0 radical (unpaired) electrons. The van der Waals surface area contributed by atoms with Crippen LogP contribution in [-0.2, 0) is 9.59 Å². The summed E-state index contributed by atoms with van der Waals surface area (Å²) in [6.45, 7) is 12.3. The number of hydrogen-bond acceptors (Lipinski definition) is 6. The van der Waals surface area contributed by atoms with Gasteiger partial charge in [0.1, 0.15) is 17.3 Å². The first kappa shape index (κ1) is 27.3. The molecule has 1 heterocycles. The summed E-state index contributed by atoms with van der Waals surface area (Å²) in [5.74, 6) is -0.110. The van der Waals surface area contributed by atoms with Crippen LogP contribution in [0.1, 0.15) is 57.7 Å². The Hall–Kier alpha value is -3.32. The maximum atomic E-state index is 13.3. The molecule has 36 heavy (non-hydrogen) atoms. The summed E-state index contributed by atoms with van der Waals surface area (Å²) in [6, 6.07) is 13.6. The van der Waals surface area contributed by atoms with Crippen molar-refractivity contribution in [3.8, 4) is 11.5 Å². The number of Topliss-reactive ketones (excluding diaryl/α,β-unsaturated/α-hetero) is 1. The quantitative estimate of drug-likeness (QED) is 0.239. The summed E-state index contributed by atoms with van der Waals surface area (Å²) in [7, 11) is 0. The molecule has 1 N–H and O–H groups in total. The van der Waals surface area contributed by atoms with Gasteiger partial charge in [-0.3, -0.25) is 9.59 Å². The second-order valence-corrected chi connectivity index (χ2v) is 8.75. The number of nitrogens with zero attached hydrogens (tertiary/aromatic N) is 2. The van der Waals surface area contributed by atoms with E-state index in [4.69, 9.17) is 9.47 Å². The molecule has 1 amide bonds. The molecule has 0 aliphatic carbocycles. The Morgan fingerprint density at radius 2 is 1.69 bits per heavy atom. The fourth-order valence-electron chi connectivity index (χ4n) is 4.49. The minimum Gasteiger partial charge on any atom is -0.507 e. The third-order valence-corrected chi connectivity index (χ3v) is 6.39. The van der Waals surface area contributed by atoms with Crippen LogP contribution in [0.25, 0.3) is 5.76 Å². The highest BCUT2D eigenvalue weighted by Gasteiger charge is 2.45. The maximum absolute atomic E-state index is 13.3. The lowest BCUT2D eigenvalue weighted by molar-refractivity contribution is -0.140. The number of rotatable bonds is 13. The number of amides is 1. The van der Waals surface area contributed by atoms with E-state index in [1.165, 1.54) is 0 Å². The number of carbonyl (C=O) groups excluding carboxylic acids is 2. The van der Waals surface area contributed by atoms with E-state index >= 15 is 0 Å². The van der Waals surface area contributed by atoms with E-state index in [-0.39, 0.29) is 11.3 Å². The molecule has 1 atom stereocenters. The van der Waals surface area contributed by atoms with Crippen LogP contribution < -0.4 is 9.47 Å². The van der Waals surface area contributed by atoms with E-state index in [1.807, 2.05) is 38.1 Å². The Morgan fingerprint density at radius 1 is 0.972 bits per heavy atom. The Kier molecular flexibility index (Phi) is 9.94. The van der Waals surface area contributed by atoms with E-state index in [0.29, 0.717) is 36.8 Å². The minimum atomic E-state index is -0.696. The topological polar surface area (TPSA) is 79.3 Å². The normalized spacial score (nSPS) is 17.1. The van der Waals surface area contributed by atoms with E-state index in [1.54, 1.807) is 29.2 Å². The molecular formula is C29H38N2O5. The van der Waals surface area contributed by atoms with Crippen LogP contribution in [0, 0.1) is 0 Å². The zero-order chi connectivity index (χ0) is 26.1. The first-order valence-corrected chi connectivity index (χ1v) is 12.9. The Labute approximate surface area is 214 Å². The molecule has 1 aliphatic heterocycles. The van der Waals surface area contributed by atoms with E-state index in [0.717, 1.165) is 38.0 Å². The molecule has 0 unspecified atom stereocenters. The highest BCUT2D eigenvalue weighted by Crippen LogP contribution is 2.40. The Bertz CT molecular complexity index is 1060. The zero-order valence-corrected chi connectivity index (χ0v) is 21.8. The van der Waals surface area contributed by atoms with Crippen LogP contribution >= 0.6 is 0 Å². The predicted octanol–water partition coefficient (Wildman–Crippen LogP) is 5.03. The summed E-state index contributed by atoms with van der Waals surface area (Å²) in [4.78, 5) is 30.4. The first-order valence-electron chi connectivity index (χ1n) is 12.9. The van der Waals surface area contributed by atoms with Gasteiger partial charge in [0.15, 0.2) is 0 Å². The predicted molar refractivity (Wildman–Crippen MR) is 141 cm³/mol.